The molecule has 8 heteroatoms. The fourth-order valence-electron chi connectivity index (χ4n) is 2.50. The van der Waals surface area contributed by atoms with Crippen molar-refractivity contribution in [2.24, 2.45) is 0 Å². The van der Waals surface area contributed by atoms with Crippen LogP contribution in [-0.4, -0.2) is 30.2 Å². The predicted molar refractivity (Wildman–Crippen MR) is 90.7 cm³/mol. The molecule has 122 valence electrons. The van der Waals surface area contributed by atoms with Crippen LogP contribution >= 0.6 is 11.8 Å². The summed E-state index contributed by atoms with van der Waals surface area (Å²) in [5.74, 6) is 1.39. The van der Waals surface area contributed by atoms with Gasteiger partial charge in [-0.3, -0.25) is 4.79 Å². The van der Waals surface area contributed by atoms with Crippen molar-refractivity contribution in [1.29, 1.82) is 0 Å². The minimum absolute atomic E-state index is 0.117. The van der Waals surface area contributed by atoms with Gasteiger partial charge in [-0.1, -0.05) is 42.1 Å². The van der Waals surface area contributed by atoms with Crippen molar-refractivity contribution in [3.63, 3.8) is 0 Å². The lowest BCUT2D eigenvalue weighted by molar-refractivity contribution is 0.593. The largest absolute Gasteiger partial charge is 0.301 e. The van der Waals surface area contributed by atoms with Crippen LogP contribution in [0.3, 0.4) is 0 Å². The van der Waals surface area contributed by atoms with Crippen LogP contribution in [-0.2, 0) is 5.75 Å². The maximum atomic E-state index is 12.2. The highest BCUT2D eigenvalue weighted by atomic mass is 32.2. The van der Waals surface area contributed by atoms with Gasteiger partial charge in [0.05, 0.1) is 17.5 Å². The van der Waals surface area contributed by atoms with E-state index >= 15 is 0 Å². The molecule has 2 aromatic heterocycles. The summed E-state index contributed by atoms with van der Waals surface area (Å²) in [6.45, 7) is 1.79. The van der Waals surface area contributed by atoms with Crippen molar-refractivity contribution >= 4 is 11.8 Å². The first-order valence-corrected chi connectivity index (χ1v) is 8.77. The Balaban J connectivity index is 1.60. The van der Waals surface area contributed by atoms with Gasteiger partial charge in [0.2, 0.25) is 0 Å². The molecule has 0 aliphatic heterocycles. The van der Waals surface area contributed by atoms with Gasteiger partial charge >= 0.3 is 0 Å². The summed E-state index contributed by atoms with van der Waals surface area (Å²) in [5, 5.41) is 12.4. The van der Waals surface area contributed by atoms with Gasteiger partial charge in [0.15, 0.2) is 11.0 Å². The van der Waals surface area contributed by atoms with Gasteiger partial charge in [-0.25, -0.2) is 9.67 Å². The van der Waals surface area contributed by atoms with Crippen LogP contribution in [0.15, 0.2) is 40.3 Å². The number of H-pyrrole nitrogens is 1. The Hall–Kier alpha value is -2.48. The molecule has 24 heavy (non-hydrogen) atoms. The van der Waals surface area contributed by atoms with Gasteiger partial charge < -0.3 is 4.98 Å². The molecule has 1 N–H and O–H groups in total. The molecule has 0 atom stereocenters. The van der Waals surface area contributed by atoms with Crippen molar-refractivity contribution in [3.8, 4) is 11.3 Å². The topological polar surface area (TPSA) is 89.3 Å². The van der Waals surface area contributed by atoms with Crippen molar-refractivity contribution in [2.75, 3.05) is 0 Å². The van der Waals surface area contributed by atoms with E-state index in [2.05, 4.69) is 25.5 Å². The number of benzene rings is 1. The minimum atomic E-state index is -0.117. The van der Waals surface area contributed by atoms with Crippen LogP contribution < -0.4 is 5.56 Å². The van der Waals surface area contributed by atoms with Crippen LogP contribution in [0.2, 0.25) is 0 Å². The molecule has 2 heterocycles. The molecule has 1 aliphatic carbocycles. The van der Waals surface area contributed by atoms with Gasteiger partial charge in [0, 0.05) is 11.1 Å². The van der Waals surface area contributed by atoms with Crippen LogP contribution in [0.5, 0.6) is 0 Å². The van der Waals surface area contributed by atoms with Crippen molar-refractivity contribution < 1.29 is 0 Å². The lowest BCUT2D eigenvalue weighted by atomic mass is 10.1. The van der Waals surface area contributed by atoms with Crippen molar-refractivity contribution in [1.82, 2.24) is 30.2 Å². The SMILES string of the molecule is Cc1c(-c2ccccc2)nc(SCc2nnnn2C2CC2)[nH]c1=O. The molecule has 0 spiro atoms. The van der Waals surface area contributed by atoms with E-state index in [1.165, 1.54) is 11.8 Å². The zero-order valence-corrected chi connectivity index (χ0v) is 14.0. The van der Waals surface area contributed by atoms with Crippen molar-refractivity contribution in [3.05, 3.63) is 52.1 Å². The molecule has 0 saturated heterocycles. The van der Waals surface area contributed by atoms with Crippen molar-refractivity contribution in [2.45, 2.75) is 36.7 Å². The Morgan fingerprint density at radius 2 is 2.08 bits per heavy atom. The number of nitrogens with one attached hydrogen (secondary N) is 1. The molecule has 1 fully saturated rings. The second kappa shape index (κ2) is 6.20. The maximum Gasteiger partial charge on any atom is 0.255 e. The predicted octanol–water partition coefficient (Wildman–Crippen LogP) is 2.36. The Bertz CT molecular complexity index is 916. The molecule has 0 unspecified atom stereocenters. The fourth-order valence-corrected chi connectivity index (χ4v) is 3.28. The lowest BCUT2D eigenvalue weighted by Gasteiger charge is -2.07. The summed E-state index contributed by atoms with van der Waals surface area (Å²) in [5.41, 5.74) is 2.15. The standard InChI is InChI=1S/C16H16N6OS/c1-10-14(11-5-3-2-4-6-11)17-16(18-15(10)23)24-9-13-19-20-21-22(13)12-7-8-12/h2-6,12H,7-9H2,1H3,(H,17,18,23). The summed E-state index contributed by atoms with van der Waals surface area (Å²) in [6, 6.07) is 10.2. The highest BCUT2D eigenvalue weighted by molar-refractivity contribution is 7.98. The normalized spacial score (nSPS) is 14.0. The second-order valence-corrected chi connectivity index (χ2v) is 6.73. The van der Waals surface area contributed by atoms with Gasteiger partial charge in [-0.15, -0.1) is 5.10 Å². The molecule has 0 bridgehead atoms. The van der Waals surface area contributed by atoms with E-state index in [-0.39, 0.29) is 5.56 Å². The maximum absolute atomic E-state index is 12.2. The summed E-state index contributed by atoms with van der Waals surface area (Å²) in [7, 11) is 0. The van der Waals surface area contributed by atoms with E-state index in [1.54, 1.807) is 6.92 Å². The zero-order chi connectivity index (χ0) is 16.5. The van der Waals surface area contributed by atoms with Crippen LogP contribution in [0.25, 0.3) is 11.3 Å². The zero-order valence-electron chi connectivity index (χ0n) is 13.1. The van der Waals surface area contributed by atoms with Gasteiger partial charge in [-0.2, -0.15) is 0 Å². The van der Waals surface area contributed by atoms with E-state index in [0.29, 0.717) is 28.2 Å². The van der Waals surface area contributed by atoms with E-state index < -0.39 is 0 Å². The molecular formula is C16H16N6OS. The number of hydrogen-bond acceptors (Lipinski definition) is 6. The highest BCUT2D eigenvalue weighted by Gasteiger charge is 2.27. The van der Waals surface area contributed by atoms with Crippen LogP contribution in [0.1, 0.15) is 30.3 Å². The summed E-state index contributed by atoms with van der Waals surface area (Å²) < 4.78 is 1.87. The monoisotopic (exact) mass is 340 g/mol. The number of aromatic nitrogens is 6. The molecule has 3 aromatic rings. The minimum Gasteiger partial charge on any atom is -0.301 e. The number of thioether (sulfide) groups is 1. The van der Waals surface area contributed by atoms with E-state index in [4.69, 9.17) is 0 Å². The Kier molecular flexibility index (Phi) is 3.89. The Morgan fingerprint density at radius 1 is 1.29 bits per heavy atom. The van der Waals surface area contributed by atoms with Gasteiger partial charge in [0.25, 0.3) is 5.56 Å². The third-order valence-corrected chi connectivity index (χ3v) is 4.84. The van der Waals surface area contributed by atoms with Crippen LogP contribution in [0.4, 0.5) is 0 Å². The summed E-state index contributed by atoms with van der Waals surface area (Å²) >= 11 is 1.44. The third-order valence-electron chi connectivity index (χ3n) is 3.97. The second-order valence-electron chi connectivity index (χ2n) is 5.77. The summed E-state index contributed by atoms with van der Waals surface area (Å²) in [4.78, 5) is 19.7. The first-order valence-electron chi connectivity index (χ1n) is 7.78. The molecule has 1 saturated carbocycles. The fraction of sp³-hybridized carbons (Fsp3) is 0.312. The van der Waals surface area contributed by atoms with Gasteiger partial charge in [0.1, 0.15) is 0 Å². The molecule has 1 aromatic carbocycles. The lowest BCUT2D eigenvalue weighted by Crippen LogP contribution is -2.14. The first kappa shape index (κ1) is 15.1. The van der Waals surface area contributed by atoms with E-state index in [9.17, 15) is 4.79 Å². The molecule has 7 nitrogen and oxygen atoms in total. The van der Waals surface area contributed by atoms with E-state index in [1.807, 2.05) is 35.0 Å². The molecule has 0 amide bonds. The highest BCUT2D eigenvalue weighted by Crippen LogP contribution is 2.35. The third kappa shape index (κ3) is 2.96. The number of rotatable bonds is 5. The number of hydrogen-bond donors (Lipinski definition) is 1. The van der Waals surface area contributed by atoms with E-state index in [0.717, 1.165) is 24.2 Å². The first-order chi connectivity index (χ1) is 11.7. The summed E-state index contributed by atoms with van der Waals surface area (Å²) in [6.07, 6.45) is 2.25. The Labute approximate surface area is 142 Å². The van der Waals surface area contributed by atoms with Gasteiger partial charge in [-0.05, 0) is 30.2 Å². The Morgan fingerprint density at radius 3 is 2.83 bits per heavy atom. The average molecular weight is 340 g/mol. The molecule has 4 rings (SSSR count). The number of aromatic amines is 1. The number of tetrazole rings is 1. The number of nitrogens with zero attached hydrogens (tertiary/aromatic N) is 5. The molecule has 1 aliphatic rings. The molecular weight excluding hydrogens is 324 g/mol. The quantitative estimate of drug-likeness (QED) is 0.566. The molecule has 0 radical (unpaired) electrons. The smallest absolute Gasteiger partial charge is 0.255 e. The average Bonchev–Trinajstić information content (AvgIpc) is 3.34. The van der Waals surface area contributed by atoms with Crippen LogP contribution in [0, 0.1) is 6.92 Å².